The number of furan rings is 1. The van der Waals surface area contributed by atoms with Crippen LogP contribution in [0.1, 0.15) is 52.9 Å². The van der Waals surface area contributed by atoms with Crippen molar-refractivity contribution in [3.05, 3.63) is 88.6 Å². The van der Waals surface area contributed by atoms with Gasteiger partial charge in [0.2, 0.25) is 5.91 Å². The fraction of sp³-hybridized carbons (Fsp3) is 0.400. The first-order chi connectivity index (χ1) is 18.3. The van der Waals surface area contributed by atoms with Crippen LogP contribution < -0.4 is 4.74 Å². The van der Waals surface area contributed by atoms with Crippen molar-refractivity contribution in [1.82, 2.24) is 14.7 Å². The molecule has 5 rings (SSSR count). The third-order valence-electron chi connectivity index (χ3n) is 7.33. The van der Waals surface area contributed by atoms with Crippen molar-refractivity contribution in [3.8, 4) is 5.75 Å². The van der Waals surface area contributed by atoms with Crippen LogP contribution in [0, 0.1) is 11.7 Å². The van der Waals surface area contributed by atoms with Gasteiger partial charge in [-0.05, 0) is 66.6 Å². The number of amides is 2. The van der Waals surface area contributed by atoms with E-state index in [9.17, 15) is 14.0 Å². The zero-order chi connectivity index (χ0) is 26.8. The summed E-state index contributed by atoms with van der Waals surface area (Å²) in [6, 6.07) is 15.4. The summed E-state index contributed by atoms with van der Waals surface area (Å²) < 4.78 is 26.1. The maximum Gasteiger partial charge on any atom is 0.289 e. The summed E-state index contributed by atoms with van der Waals surface area (Å²) >= 11 is 0. The quantitative estimate of drug-likeness (QED) is 0.479. The molecule has 1 atom stereocenters. The summed E-state index contributed by atoms with van der Waals surface area (Å²) in [7, 11) is 2.05. The minimum atomic E-state index is -0.399. The van der Waals surface area contributed by atoms with E-state index >= 15 is 0 Å². The van der Waals surface area contributed by atoms with Gasteiger partial charge in [0, 0.05) is 38.6 Å². The van der Waals surface area contributed by atoms with Gasteiger partial charge < -0.3 is 23.9 Å². The molecule has 0 radical (unpaired) electrons. The smallest absolute Gasteiger partial charge is 0.289 e. The molecular formula is C30H34FN3O4. The number of nitrogens with zero attached hydrogens (tertiary/aromatic N) is 3. The van der Waals surface area contributed by atoms with Crippen molar-refractivity contribution in [2.75, 3.05) is 39.8 Å². The Hall–Kier alpha value is -3.65. The molecule has 0 bridgehead atoms. The minimum Gasteiger partial charge on any atom is -0.486 e. The van der Waals surface area contributed by atoms with Crippen LogP contribution in [0.3, 0.4) is 0 Å². The molecule has 0 N–H and O–H groups in total. The molecule has 2 aromatic carbocycles. The Kier molecular flexibility index (Phi) is 7.51. The van der Waals surface area contributed by atoms with Crippen LogP contribution in [0.4, 0.5) is 4.39 Å². The lowest BCUT2D eigenvalue weighted by Crippen LogP contribution is -2.47. The molecule has 0 saturated carbocycles. The van der Waals surface area contributed by atoms with Crippen LogP contribution in [0.5, 0.6) is 5.75 Å². The summed E-state index contributed by atoms with van der Waals surface area (Å²) in [5.41, 5.74) is 2.77. The van der Waals surface area contributed by atoms with Gasteiger partial charge in [0.1, 0.15) is 23.9 Å². The van der Waals surface area contributed by atoms with Crippen molar-refractivity contribution < 1.29 is 23.1 Å². The number of fused-ring (bicyclic) bond motifs is 1. The molecule has 38 heavy (non-hydrogen) atoms. The number of likely N-dealkylation sites (N-methyl/N-ethyl adjacent to an activating group) is 1. The number of rotatable bonds is 6. The number of carbonyl (C=O) groups is 2. The van der Waals surface area contributed by atoms with E-state index in [0.717, 1.165) is 36.2 Å². The molecule has 3 aromatic rings. The molecule has 1 fully saturated rings. The average molecular weight is 520 g/mol. The number of carbonyl (C=O) groups excluding carboxylic acids is 2. The number of benzene rings is 2. The molecule has 2 aliphatic rings. The Morgan fingerprint density at radius 3 is 2.55 bits per heavy atom. The molecule has 1 saturated heterocycles. The first-order valence-electron chi connectivity index (χ1n) is 13.2. The summed E-state index contributed by atoms with van der Waals surface area (Å²) in [4.78, 5) is 31.8. The largest absolute Gasteiger partial charge is 0.486 e. The highest BCUT2D eigenvalue weighted by molar-refractivity contribution is 5.91. The highest BCUT2D eigenvalue weighted by Gasteiger charge is 2.33. The number of ether oxygens (including phenoxy) is 1. The van der Waals surface area contributed by atoms with Gasteiger partial charge in [-0.1, -0.05) is 32.0 Å². The first-order valence-corrected chi connectivity index (χ1v) is 13.2. The maximum atomic E-state index is 14.2. The van der Waals surface area contributed by atoms with E-state index in [0.29, 0.717) is 36.9 Å². The monoisotopic (exact) mass is 519 g/mol. The van der Waals surface area contributed by atoms with Crippen LogP contribution in [0.15, 0.2) is 59.0 Å². The van der Waals surface area contributed by atoms with Crippen molar-refractivity contribution in [2.24, 2.45) is 5.92 Å². The van der Waals surface area contributed by atoms with Crippen molar-refractivity contribution in [1.29, 1.82) is 0 Å². The van der Waals surface area contributed by atoms with Crippen LogP contribution in [-0.4, -0.2) is 66.3 Å². The first kappa shape index (κ1) is 26.0. The minimum absolute atomic E-state index is 0.0318. The van der Waals surface area contributed by atoms with Crippen molar-refractivity contribution >= 4 is 11.8 Å². The molecule has 0 aliphatic carbocycles. The van der Waals surface area contributed by atoms with Gasteiger partial charge in [0.15, 0.2) is 5.76 Å². The van der Waals surface area contributed by atoms with E-state index in [4.69, 9.17) is 9.15 Å². The van der Waals surface area contributed by atoms with Crippen LogP contribution in [0.2, 0.25) is 0 Å². The highest BCUT2D eigenvalue weighted by atomic mass is 19.1. The zero-order valence-corrected chi connectivity index (χ0v) is 22.2. The van der Waals surface area contributed by atoms with E-state index in [2.05, 4.69) is 4.90 Å². The molecule has 200 valence electrons. The van der Waals surface area contributed by atoms with E-state index in [-0.39, 0.29) is 30.2 Å². The van der Waals surface area contributed by atoms with E-state index in [1.54, 1.807) is 18.2 Å². The molecular weight excluding hydrogens is 485 g/mol. The lowest BCUT2D eigenvalue weighted by molar-refractivity contribution is -0.136. The van der Waals surface area contributed by atoms with Crippen LogP contribution >= 0.6 is 0 Å². The van der Waals surface area contributed by atoms with Crippen molar-refractivity contribution in [3.63, 3.8) is 0 Å². The van der Waals surface area contributed by atoms with E-state index < -0.39 is 6.04 Å². The third kappa shape index (κ3) is 5.45. The van der Waals surface area contributed by atoms with Gasteiger partial charge in [-0.15, -0.1) is 0 Å². The lowest BCUT2D eigenvalue weighted by atomic mass is 9.87. The predicted octanol–water partition coefficient (Wildman–Crippen LogP) is 4.52. The number of piperazine rings is 1. The molecule has 0 unspecified atom stereocenters. The van der Waals surface area contributed by atoms with E-state index in [1.807, 2.05) is 55.0 Å². The summed E-state index contributed by atoms with van der Waals surface area (Å²) in [5, 5.41) is 0. The Morgan fingerprint density at radius 1 is 1.03 bits per heavy atom. The topological polar surface area (TPSA) is 66.2 Å². The summed E-state index contributed by atoms with van der Waals surface area (Å²) in [6.45, 7) is 7.54. The Labute approximate surface area is 222 Å². The standard InChI is InChI=1S/C30H34FN3O4/c1-20(2)29(35)34-12-11-21-7-8-24(18-26(21)28(34)22-5-4-6-23(31)17-22)37-19-25-9-10-27(38-25)30(36)33-15-13-32(3)14-16-33/h4-10,17-18,20,28H,11-16,19H2,1-3H3/t28-/m0/s1. The molecule has 2 aliphatic heterocycles. The second kappa shape index (κ2) is 11.0. The molecule has 0 spiro atoms. The number of hydrogen-bond acceptors (Lipinski definition) is 5. The molecule has 3 heterocycles. The highest BCUT2D eigenvalue weighted by Crippen LogP contribution is 2.38. The fourth-order valence-electron chi connectivity index (χ4n) is 5.18. The van der Waals surface area contributed by atoms with Gasteiger partial charge in [-0.2, -0.15) is 0 Å². The zero-order valence-electron chi connectivity index (χ0n) is 22.2. The third-order valence-corrected chi connectivity index (χ3v) is 7.33. The second-order valence-corrected chi connectivity index (χ2v) is 10.4. The lowest BCUT2D eigenvalue weighted by Gasteiger charge is -2.39. The number of halogens is 1. The van der Waals surface area contributed by atoms with Crippen LogP contribution in [-0.2, 0) is 17.8 Å². The Bertz CT molecular complexity index is 1310. The van der Waals surface area contributed by atoms with Crippen LogP contribution in [0.25, 0.3) is 0 Å². The molecule has 8 heteroatoms. The average Bonchev–Trinajstić information content (AvgIpc) is 3.40. The SMILES string of the molecule is CC(C)C(=O)N1CCc2ccc(OCc3ccc(C(=O)N4CCN(C)CC4)o3)cc2[C@@H]1c1cccc(F)c1. The van der Waals surface area contributed by atoms with Gasteiger partial charge in [0.25, 0.3) is 5.91 Å². The molecule has 2 amide bonds. The maximum absolute atomic E-state index is 14.2. The second-order valence-electron chi connectivity index (χ2n) is 10.4. The van der Waals surface area contributed by atoms with E-state index in [1.165, 1.54) is 12.1 Å². The van der Waals surface area contributed by atoms with Gasteiger partial charge in [-0.25, -0.2) is 4.39 Å². The van der Waals surface area contributed by atoms with Crippen molar-refractivity contribution in [2.45, 2.75) is 32.9 Å². The van der Waals surface area contributed by atoms with Gasteiger partial charge in [-0.3, -0.25) is 9.59 Å². The van der Waals surface area contributed by atoms with Gasteiger partial charge >= 0.3 is 0 Å². The normalized spacial score (nSPS) is 18.0. The Morgan fingerprint density at radius 2 is 1.82 bits per heavy atom. The fourth-order valence-corrected chi connectivity index (χ4v) is 5.18. The predicted molar refractivity (Wildman–Crippen MR) is 141 cm³/mol. The molecule has 7 nitrogen and oxygen atoms in total. The Balaban J connectivity index is 1.34. The number of hydrogen-bond donors (Lipinski definition) is 0. The summed E-state index contributed by atoms with van der Waals surface area (Å²) in [6.07, 6.45) is 0.718. The summed E-state index contributed by atoms with van der Waals surface area (Å²) in [5.74, 6) is 0.904. The van der Waals surface area contributed by atoms with Gasteiger partial charge in [0.05, 0.1) is 6.04 Å². The molecule has 1 aromatic heterocycles.